The summed E-state index contributed by atoms with van der Waals surface area (Å²) in [7, 11) is 3.85. The third-order valence-electron chi connectivity index (χ3n) is 11.6. The third kappa shape index (κ3) is 9.79. The summed E-state index contributed by atoms with van der Waals surface area (Å²) in [5.74, 6) is -2.49. The number of aliphatic hydroxyl groups is 3. The number of rotatable bonds is 6. The standard InChI is InChI=1S/C40H66N2O9/c1-12-32-40(9,46)35-25(3)20-42(21-30-16-14-13-15-17-30)26(4)19-39(8,48-23-24(2)22-47-35)36(28(6)33(43)29(7)37(45)50-32)51-38-34(44)31(41(10)11)18-27(5)49-38/h13-17,25-29,31-36,38,43-44,46H,2,12,18-23H2,1,3-11H3/t25-,26+,27+,28-,29+,31-,32+,33-,34+,35-,36+,38-,39+,40+/m0/s1. The van der Waals surface area contributed by atoms with E-state index in [1.807, 2.05) is 64.9 Å². The van der Waals surface area contributed by atoms with E-state index < -0.39 is 65.8 Å². The molecule has 14 atom stereocenters. The van der Waals surface area contributed by atoms with E-state index in [9.17, 15) is 20.1 Å². The predicted octanol–water partition coefficient (Wildman–Crippen LogP) is 4.16. The Balaban J connectivity index is 1.89. The van der Waals surface area contributed by atoms with Crippen LogP contribution in [0.15, 0.2) is 42.5 Å². The van der Waals surface area contributed by atoms with Gasteiger partial charge >= 0.3 is 5.97 Å². The number of esters is 1. The minimum absolute atomic E-state index is 0.0977. The van der Waals surface area contributed by atoms with Crippen molar-refractivity contribution in [3.63, 3.8) is 0 Å². The lowest BCUT2D eigenvalue weighted by Crippen LogP contribution is -2.60. The first-order valence-electron chi connectivity index (χ1n) is 18.9. The molecular weight excluding hydrogens is 652 g/mol. The molecule has 0 unspecified atom stereocenters. The molecule has 3 N–H and O–H groups in total. The van der Waals surface area contributed by atoms with Gasteiger partial charge in [0.2, 0.25) is 0 Å². The van der Waals surface area contributed by atoms with E-state index >= 15 is 0 Å². The van der Waals surface area contributed by atoms with Crippen molar-refractivity contribution in [2.75, 3.05) is 33.9 Å². The molecular formula is C40H66N2O9. The van der Waals surface area contributed by atoms with Gasteiger partial charge in [0, 0.05) is 31.1 Å². The van der Waals surface area contributed by atoms with Crippen molar-refractivity contribution >= 4 is 5.97 Å². The van der Waals surface area contributed by atoms with Crippen molar-refractivity contribution in [3.8, 4) is 0 Å². The Bertz CT molecular complexity index is 1280. The number of aliphatic hydroxyl groups excluding tert-OH is 2. The van der Waals surface area contributed by atoms with Crippen LogP contribution in [-0.4, -0.2) is 131 Å². The molecule has 0 amide bonds. The van der Waals surface area contributed by atoms with Crippen LogP contribution in [-0.2, 0) is 35.0 Å². The van der Waals surface area contributed by atoms with Crippen LogP contribution < -0.4 is 0 Å². The van der Waals surface area contributed by atoms with E-state index in [1.54, 1.807) is 13.8 Å². The quantitative estimate of drug-likeness (QED) is 0.290. The third-order valence-corrected chi connectivity index (χ3v) is 11.6. The summed E-state index contributed by atoms with van der Waals surface area (Å²) in [5, 5.41) is 35.8. The van der Waals surface area contributed by atoms with E-state index in [2.05, 4.69) is 37.5 Å². The smallest absolute Gasteiger partial charge is 0.311 e. The molecule has 4 aliphatic heterocycles. The minimum Gasteiger partial charge on any atom is -0.459 e. The SMILES string of the molecule is C=C1CO[C@H]2[C@@H](C)CN(Cc3ccccc3)[C@H](C)C[C@@](C)(OC1)[C@H](O[C@@H]1O[C@H](C)C[C@H](N(C)C)[C@H]1O)[C@@H](C)[C@H](O)[C@@H](C)C(=O)O[C@H](CC)[C@@]2(C)O. The first-order chi connectivity index (χ1) is 23.9. The number of benzene rings is 1. The second-order valence-electron chi connectivity index (χ2n) is 16.4. The van der Waals surface area contributed by atoms with Crippen molar-refractivity contribution in [3.05, 3.63) is 48.0 Å². The van der Waals surface area contributed by atoms with Crippen LogP contribution in [0.5, 0.6) is 0 Å². The lowest BCUT2D eigenvalue weighted by molar-refractivity contribution is -0.303. The van der Waals surface area contributed by atoms with Gasteiger partial charge in [-0.15, -0.1) is 0 Å². The molecule has 11 heteroatoms. The van der Waals surface area contributed by atoms with Crippen LogP contribution in [0.2, 0.25) is 0 Å². The Morgan fingerprint density at radius 1 is 1.04 bits per heavy atom. The van der Waals surface area contributed by atoms with E-state index in [4.69, 9.17) is 23.7 Å². The Morgan fingerprint density at radius 3 is 2.33 bits per heavy atom. The van der Waals surface area contributed by atoms with Crippen molar-refractivity contribution in [2.24, 2.45) is 17.8 Å². The Hall–Kier alpha value is -1.93. The highest BCUT2D eigenvalue weighted by atomic mass is 16.7. The minimum atomic E-state index is -1.57. The van der Waals surface area contributed by atoms with Crippen molar-refractivity contribution in [2.45, 2.75) is 147 Å². The maximum atomic E-state index is 13.8. The normalized spacial score (nSPS) is 42.7. The monoisotopic (exact) mass is 718 g/mol. The predicted molar refractivity (Wildman–Crippen MR) is 196 cm³/mol. The zero-order chi connectivity index (χ0) is 37.8. The molecule has 0 radical (unpaired) electrons. The van der Waals surface area contributed by atoms with Gasteiger partial charge in [0.1, 0.15) is 17.8 Å². The fourth-order valence-corrected chi connectivity index (χ4v) is 8.53. The summed E-state index contributed by atoms with van der Waals surface area (Å²) in [6.45, 7) is 20.9. The largest absolute Gasteiger partial charge is 0.459 e. The summed E-state index contributed by atoms with van der Waals surface area (Å²) in [5.41, 5.74) is -0.839. The topological polar surface area (TPSA) is 130 Å². The zero-order valence-corrected chi connectivity index (χ0v) is 32.7. The molecule has 4 aliphatic rings. The molecule has 0 aliphatic carbocycles. The molecule has 0 saturated carbocycles. The Labute approximate surface area is 306 Å². The van der Waals surface area contributed by atoms with E-state index in [1.165, 1.54) is 0 Å². The molecule has 0 spiro atoms. The number of ether oxygens (including phenoxy) is 5. The molecule has 4 fully saturated rings. The number of fused-ring (bicyclic) bond motifs is 15. The van der Waals surface area contributed by atoms with Gasteiger partial charge < -0.3 is 43.9 Å². The van der Waals surface area contributed by atoms with Gasteiger partial charge in [-0.3, -0.25) is 9.69 Å². The second-order valence-corrected chi connectivity index (χ2v) is 16.4. The first kappa shape index (κ1) is 41.8. The molecule has 4 saturated heterocycles. The summed E-state index contributed by atoms with van der Waals surface area (Å²) in [4.78, 5) is 18.2. The molecule has 5 rings (SSSR count). The van der Waals surface area contributed by atoms with Crippen molar-refractivity contribution < 1.29 is 43.8 Å². The molecule has 4 heterocycles. The molecule has 1 aromatic carbocycles. The maximum absolute atomic E-state index is 13.8. The number of likely N-dealkylation sites (N-methyl/N-ethyl adjacent to an activating group) is 1. The second kappa shape index (κ2) is 17.5. The van der Waals surface area contributed by atoms with Crippen molar-refractivity contribution in [1.29, 1.82) is 0 Å². The summed E-state index contributed by atoms with van der Waals surface area (Å²) in [6, 6.07) is 9.93. The van der Waals surface area contributed by atoms with Gasteiger partial charge in [0.25, 0.3) is 0 Å². The van der Waals surface area contributed by atoms with Gasteiger partial charge in [-0.25, -0.2) is 0 Å². The van der Waals surface area contributed by atoms with Crippen LogP contribution in [0.25, 0.3) is 0 Å². The van der Waals surface area contributed by atoms with Gasteiger partial charge in [-0.05, 0) is 85.0 Å². The number of hydrogen-bond acceptors (Lipinski definition) is 11. The van der Waals surface area contributed by atoms with Gasteiger partial charge in [0.05, 0.1) is 49.1 Å². The molecule has 11 nitrogen and oxygen atoms in total. The lowest BCUT2D eigenvalue weighted by atomic mass is 9.78. The van der Waals surface area contributed by atoms with Crippen LogP contribution in [0.1, 0.15) is 80.2 Å². The van der Waals surface area contributed by atoms with Crippen LogP contribution in [0, 0.1) is 17.8 Å². The highest BCUT2D eigenvalue weighted by Gasteiger charge is 2.51. The van der Waals surface area contributed by atoms with E-state index in [-0.39, 0.29) is 37.3 Å². The van der Waals surface area contributed by atoms with Crippen LogP contribution in [0.4, 0.5) is 0 Å². The average Bonchev–Trinajstić information content (AvgIpc) is 3.07. The first-order valence-corrected chi connectivity index (χ1v) is 18.9. The fourth-order valence-electron chi connectivity index (χ4n) is 8.53. The number of hydrogen-bond donors (Lipinski definition) is 3. The average molecular weight is 719 g/mol. The van der Waals surface area contributed by atoms with Crippen molar-refractivity contribution in [1.82, 2.24) is 9.80 Å². The molecule has 1 aromatic rings. The number of nitrogens with zero attached hydrogens (tertiary/aromatic N) is 2. The van der Waals surface area contributed by atoms with Gasteiger partial charge in [-0.1, -0.05) is 57.7 Å². The Kier molecular flexibility index (Phi) is 14.3. The highest BCUT2D eigenvalue weighted by Crippen LogP contribution is 2.39. The summed E-state index contributed by atoms with van der Waals surface area (Å²) >= 11 is 0. The maximum Gasteiger partial charge on any atom is 0.311 e. The highest BCUT2D eigenvalue weighted by molar-refractivity contribution is 5.73. The fraction of sp³-hybridized carbons (Fsp3) is 0.775. The van der Waals surface area contributed by atoms with Gasteiger partial charge in [0.15, 0.2) is 6.29 Å². The molecule has 0 aromatic heterocycles. The van der Waals surface area contributed by atoms with Crippen LogP contribution in [0.3, 0.4) is 0 Å². The van der Waals surface area contributed by atoms with E-state index in [0.29, 0.717) is 37.9 Å². The van der Waals surface area contributed by atoms with E-state index in [0.717, 1.165) is 5.56 Å². The molecule has 51 heavy (non-hydrogen) atoms. The summed E-state index contributed by atoms with van der Waals surface area (Å²) < 4.78 is 32.6. The van der Waals surface area contributed by atoms with Crippen LogP contribution >= 0.6 is 0 Å². The number of carbonyl (C=O) groups is 1. The zero-order valence-electron chi connectivity index (χ0n) is 32.7. The molecule has 2 bridgehead atoms. The number of carbonyl (C=O) groups excluding carboxylic acids is 1. The Morgan fingerprint density at radius 2 is 1.71 bits per heavy atom. The summed E-state index contributed by atoms with van der Waals surface area (Å²) in [6.07, 6.45) is -4.47. The van der Waals surface area contributed by atoms with Gasteiger partial charge in [-0.2, -0.15) is 0 Å². The molecule has 290 valence electrons. The lowest BCUT2D eigenvalue weighted by Gasteiger charge is -2.49.